The first-order chi connectivity index (χ1) is 8.20. The highest BCUT2D eigenvalue weighted by Gasteiger charge is 2.13. The summed E-state index contributed by atoms with van der Waals surface area (Å²) in [5, 5.41) is 7.69. The third-order valence-corrected chi connectivity index (χ3v) is 2.41. The number of carbonyl (C=O) groups excluding carboxylic acids is 1. The topological polar surface area (TPSA) is 73.8 Å². The molecule has 0 amide bonds. The number of hydrogen-bond donors (Lipinski definition) is 1. The van der Waals surface area contributed by atoms with Crippen LogP contribution in [0.1, 0.15) is 21.6 Å². The van der Waals surface area contributed by atoms with Crippen LogP contribution in [0.4, 0.5) is 0 Å². The summed E-state index contributed by atoms with van der Waals surface area (Å²) in [6.07, 6.45) is 1.62. The predicted molar refractivity (Wildman–Crippen MR) is 63.7 cm³/mol. The van der Waals surface area contributed by atoms with E-state index in [4.69, 9.17) is 5.73 Å². The molecule has 17 heavy (non-hydrogen) atoms. The Kier molecular flexibility index (Phi) is 3.30. The van der Waals surface area contributed by atoms with Gasteiger partial charge in [-0.1, -0.05) is 29.0 Å². The number of benzene rings is 1. The summed E-state index contributed by atoms with van der Waals surface area (Å²) in [6.45, 7) is 2.98. The number of nitrogens with zero attached hydrogens (tertiary/aromatic N) is 3. The van der Waals surface area contributed by atoms with Gasteiger partial charge >= 0.3 is 0 Å². The Balaban J connectivity index is 2.24. The molecule has 2 N–H and O–H groups in total. The minimum Gasteiger partial charge on any atom is -0.329 e. The number of carbonyl (C=O) groups is 1. The van der Waals surface area contributed by atoms with Gasteiger partial charge in [-0.15, -0.1) is 5.10 Å². The number of ketones is 1. The zero-order valence-corrected chi connectivity index (χ0v) is 9.63. The first kappa shape index (κ1) is 11.5. The van der Waals surface area contributed by atoms with Gasteiger partial charge in [-0.05, 0) is 13.0 Å². The van der Waals surface area contributed by atoms with E-state index in [-0.39, 0.29) is 5.78 Å². The average molecular weight is 230 g/mol. The molecule has 2 aromatic rings. The van der Waals surface area contributed by atoms with Crippen molar-refractivity contribution in [3.8, 4) is 0 Å². The van der Waals surface area contributed by atoms with E-state index in [9.17, 15) is 4.79 Å². The average Bonchev–Trinajstić information content (AvgIpc) is 2.77. The zero-order valence-electron chi connectivity index (χ0n) is 9.63. The number of aromatic nitrogens is 3. The summed E-state index contributed by atoms with van der Waals surface area (Å²) in [6, 6.07) is 7.41. The molecule has 0 saturated carbocycles. The fraction of sp³-hybridized carbons (Fsp3) is 0.250. The fourth-order valence-corrected chi connectivity index (χ4v) is 1.58. The summed E-state index contributed by atoms with van der Waals surface area (Å²) in [5.74, 6) is -0.114. The molecular formula is C12H14N4O. The molecule has 5 heteroatoms. The Morgan fingerprint density at radius 3 is 3.00 bits per heavy atom. The van der Waals surface area contributed by atoms with Gasteiger partial charge in [-0.25, -0.2) is 0 Å². The lowest BCUT2D eigenvalue weighted by atomic mass is 10.1. The van der Waals surface area contributed by atoms with Gasteiger partial charge < -0.3 is 5.73 Å². The second kappa shape index (κ2) is 4.88. The Hall–Kier alpha value is -2.01. The minimum atomic E-state index is -0.114. The van der Waals surface area contributed by atoms with Crippen LogP contribution in [-0.2, 0) is 6.54 Å². The lowest BCUT2D eigenvalue weighted by molar-refractivity contribution is 0.103. The molecule has 0 aliphatic carbocycles. The van der Waals surface area contributed by atoms with Gasteiger partial charge in [0, 0.05) is 12.1 Å². The highest BCUT2D eigenvalue weighted by molar-refractivity contribution is 6.07. The van der Waals surface area contributed by atoms with Crippen LogP contribution < -0.4 is 5.73 Å². The maximum Gasteiger partial charge on any atom is 0.214 e. The van der Waals surface area contributed by atoms with E-state index in [1.165, 1.54) is 0 Å². The van der Waals surface area contributed by atoms with Crippen LogP contribution in [0.5, 0.6) is 0 Å². The van der Waals surface area contributed by atoms with Crippen molar-refractivity contribution in [2.45, 2.75) is 13.5 Å². The molecule has 0 bridgehead atoms. The van der Waals surface area contributed by atoms with E-state index < -0.39 is 0 Å². The standard InChI is InChI=1S/C12H14N4O/c1-9-3-2-4-10(7-9)12(17)11-8-16(6-5-13)15-14-11/h2-4,7-8H,5-6,13H2,1H3. The first-order valence-electron chi connectivity index (χ1n) is 5.42. The lowest BCUT2D eigenvalue weighted by Gasteiger charge is -1.98. The molecule has 5 nitrogen and oxygen atoms in total. The van der Waals surface area contributed by atoms with Crippen molar-refractivity contribution < 1.29 is 4.79 Å². The number of nitrogens with two attached hydrogens (primary N) is 1. The second-order valence-electron chi connectivity index (χ2n) is 3.85. The molecule has 0 atom stereocenters. The van der Waals surface area contributed by atoms with E-state index in [1.807, 2.05) is 25.1 Å². The Labute approximate surface area is 99.2 Å². The molecule has 1 heterocycles. The molecule has 0 aliphatic rings. The van der Waals surface area contributed by atoms with Crippen LogP contribution in [0.2, 0.25) is 0 Å². The normalized spacial score (nSPS) is 10.5. The van der Waals surface area contributed by atoms with E-state index in [2.05, 4.69) is 10.3 Å². The summed E-state index contributed by atoms with van der Waals surface area (Å²) in [7, 11) is 0. The molecule has 0 unspecified atom stereocenters. The van der Waals surface area contributed by atoms with Crippen LogP contribution in [0.25, 0.3) is 0 Å². The van der Waals surface area contributed by atoms with E-state index in [0.29, 0.717) is 24.3 Å². The molecule has 0 spiro atoms. The van der Waals surface area contributed by atoms with Crippen molar-refractivity contribution >= 4 is 5.78 Å². The van der Waals surface area contributed by atoms with E-state index in [0.717, 1.165) is 5.56 Å². The Bertz CT molecular complexity index is 533. The zero-order chi connectivity index (χ0) is 12.3. The lowest BCUT2D eigenvalue weighted by Crippen LogP contribution is -2.10. The maximum absolute atomic E-state index is 12.1. The SMILES string of the molecule is Cc1cccc(C(=O)c2cn(CCN)nn2)c1. The van der Waals surface area contributed by atoms with Crippen LogP contribution >= 0.6 is 0 Å². The van der Waals surface area contributed by atoms with Gasteiger partial charge in [-0.3, -0.25) is 9.48 Å². The summed E-state index contributed by atoms with van der Waals surface area (Å²) in [4.78, 5) is 12.1. The second-order valence-corrected chi connectivity index (χ2v) is 3.85. The molecule has 2 rings (SSSR count). The molecule has 0 saturated heterocycles. The van der Waals surface area contributed by atoms with Crippen molar-refractivity contribution in [3.63, 3.8) is 0 Å². The largest absolute Gasteiger partial charge is 0.329 e. The Morgan fingerprint density at radius 2 is 2.29 bits per heavy atom. The van der Waals surface area contributed by atoms with Gasteiger partial charge in [-0.2, -0.15) is 0 Å². The quantitative estimate of drug-likeness (QED) is 0.787. The Morgan fingerprint density at radius 1 is 1.47 bits per heavy atom. The van der Waals surface area contributed by atoms with Crippen LogP contribution in [0, 0.1) is 6.92 Å². The molecule has 0 radical (unpaired) electrons. The van der Waals surface area contributed by atoms with Crippen LogP contribution in [-0.4, -0.2) is 27.3 Å². The molecule has 0 aliphatic heterocycles. The van der Waals surface area contributed by atoms with Gasteiger partial charge in [0.25, 0.3) is 0 Å². The summed E-state index contributed by atoms with van der Waals surface area (Å²) < 4.78 is 1.57. The van der Waals surface area contributed by atoms with Crippen LogP contribution in [0.3, 0.4) is 0 Å². The highest BCUT2D eigenvalue weighted by Crippen LogP contribution is 2.09. The van der Waals surface area contributed by atoms with Crippen molar-refractivity contribution in [1.29, 1.82) is 0 Å². The third kappa shape index (κ3) is 2.57. The van der Waals surface area contributed by atoms with Gasteiger partial charge in [0.05, 0.1) is 12.7 Å². The van der Waals surface area contributed by atoms with Crippen molar-refractivity contribution in [1.82, 2.24) is 15.0 Å². The number of aryl methyl sites for hydroxylation is 1. The monoisotopic (exact) mass is 230 g/mol. The molecular weight excluding hydrogens is 216 g/mol. The van der Waals surface area contributed by atoms with Crippen molar-refractivity contribution in [2.75, 3.05) is 6.54 Å². The number of rotatable bonds is 4. The molecule has 1 aromatic carbocycles. The molecule has 0 fully saturated rings. The molecule has 88 valence electrons. The predicted octanol–water partition coefficient (Wildman–Crippen LogP) is 0.776. The fourth-order valence-electron chi connectivity index (χ4n) is 1.58. The van der Waals surface area contributed by atoms with Gasteiger partial charge in [0.15, 0.2) is 5.69 Å². The number of hydrogen-bond acceptors (Lipinski definition) is 4. The minimum absolute atomic E-state index is 0.114. The highest BCUT2D eigenvalue weighted by atomic mass is 16.1. The third-order valence-electron chi connectivity index (χ3n) is 2.41. The summed E-state index contributed by atoms with van der Waals surface area (Å²) in [5.41, 5.74) is 7.43. The molecule has 1 aromatic heterocycles. The van der Waals surface area contributed by atoms with Gasteiger partial charge in [0.1, 0.15) is 0 Å². The summed E-state index contributed by atoms with van der Waals surface area (Å²) >= 11 is 0. The smallest absolute Gasteiger partial charge is 0.214 e. The van der Waals surface area contributed by atoms with Crippen molar-refractivity contribution in [3.05, 3.63) is 47.3 Å². The van der Waals surface area contributed by atoms with Crippen LogP contribution in [0.15, 0.2) is 30.5 Å². The van der Waals surface area contributed by atoms with E-state index >= 15 is 0 Å². The maximum atomic E-state index is 12.1. The van der Waals surface area contributed by atoms with E-state index in [1.54, 1.807) is 16.9 Å². The van der Waals surface area contributed by atoms with Crippen molar-refractivity contribution in [2.24, 2.45) is 5.73 Å². The first-order valence-corrected chi connectivity index (χ1v) is 5.42. The van der Waals surface area contributed by atoms with Gasteiger partial charge in [0.2, 0.25) is 5.78 Å².